The summed E-state index contributed by atoms with van der Waals surface area (Å²) in [5.74, 6) is 1.78. The molecule has 0 aromatic rings. The maximum atomic E-state index is 11.5. The van der Waals surface area contributed by atoms with Crippen molar-refractivity contribution < 1.29 is 8.42 Å². The van der Waals surface area contributed by atoms with Crippen molar-refractivity contribution in [1.29, 1.82) is 0 Å². The SMILES string of the molecule is CSCCC(C)N(C)CCC1CS(=O)(=O)CCN1. The fraction of sp³-hybridized carbons (Fsp3) is 1.00. The van der Waals surface area contributed by atoms with Crippen molar-refractivity contribution >= 4 is 21.6 Å². The van der Waals surface area contributed by atoms with Crippen molar-refractivity contribution in [2.75, 3.05) is 43.7 Å². The Balaban J connectivity index is 2.27. The lowest BCUT2D eigenvalue weighted by Gasteiger charge is -2.29. The van der Waals surface area contributed by atoms with E-state index in [4.69, 9.17) is 0 Å². The van der Waals surface area contributed by atoms with Crippen LogP contribution in [0.1, 0.15) is 19.8 Å². The minimum absolute atomic E-state index is 0.138. The first-order valence-corrected chi connectivity index (χ1v) is 9.79. The molecule has 4 nitrogen and oxygen atoms in total. The molecule has 0 radical (unpaired) electrons. The Kier molecular flexibility index (Phi) is 6.98. The van der Waals surface area contributed by atoms with Crippen molar-refractivity contribution in [2.24, 2.45) is 0 Å². The molecule has 1 N–H and O–H groups in total. The summed E-state index contributed by atoms with van der Waals surface area (Å²) in [7, 11) is -0.671. The summed E-state index contributed by atoms with van der Waals surface area (Å²) in [5, 5.41) is 3.30. The summed E-state index contributed by atoms with van der Waals surface area (Å²) in [6.07, 6.45) is 4.23. The van der Waals surface area contributed by atoms with Gasteiger partial charge >= 0.3 is 0 Å². The Morgan fingerprint density at radius 3 is 2.83 bits per heavy atom. The van der Waals surface area contributed by atoms with Crippen LogP contribution in [0, 0.1) is 0 Å². The van der Waals surface area contributed by atoms with Crippen molar-refractivity contribution in [1.82, 2.24) is 10.2 Å². The van der Waals surface area contributed by atoms with E-state index in [1.807, 2.05) is 11.8 Å². The predicted octanol–water partition coefficient (Wildman–Crippen LogP) is 0.837. The highest BCUT2D eigenvalue weighted by atomic mass is 32.2. The van der Waals surface area contributed by atoms with Crippen molar-refractivity contribution in [3.8, 4) is 0 Å². The molecule has 0 saturated carbocycles. The quantitative estimate of drug-likeness (QED) is 0.754. The Morgan fingerprint density at radius 1 is 1.50 bits per heavy atom. The monoisotopic (exact) mass is 294 g/mol. The van der Waals surface area contributed by atoms with Crippen LogP contribution in [0.5, 0.6) is 0 Å². The van der Waals surface area contributed by atoms with Crippen LogP contribution in [-0.4, -0.2) is 69.1 Å². The highest BCUT2D eigenvalue weighted by Crippen LogP contribution is 2.09. The van der Waals surface area contributed by atoms with Gasteiger partial charge in [-0.05, 0) is 45.4 Å². The zero-order chi connectivity index (χ0) is 13.6. The van der Waals surface area contributed by atoms with Gasteiger partial charge in [0.1, 0.15) is 0 Å². The van der Waals surface area contributed by atoms with Gasteiger partial charge in [-0.2, -0.15) is 11.8 Å². The first-order valence-electron chi connectivity index (χ1n) is 6.57. The number of hydrogen-bond donors (Lipinski definition) is 1. The van der Waals surface area contributed by atoms with E-state index in [1.54, 1.807) is 0 Å². The van der Waals surface area contributed by atoms with Gasteiger partial charge in [-0.3, -0.25) is 0 Å². The Bertz CT molecular complexity index is 333. The second kappa shape index (κ2) is 7.72. The first-order chi connectivity index (χ1) is 8.44. The van der Waals surface area contributed by atoms with Gasteiger partial charge in [0, 0.05) is 18.6 Å². The molecule has 1 heterocycles. The van der Waals surface area contributed by atoms with E-state index < -0.39 is 9.84 Å². The lowest BCUT2D eigenvalue weighted by atomic mass is 10.2. The van der Waals surface area contributed by atoms with Gasteiger partial charge in [-0.25, -0.2) is 8.42 Å². The average Bonchev–Trinajstić information content (AvgIpc) is 2.31. The normalized spacial score (nSPS) is 25.2. The fourth-order valence-corrected chi connectivity index (χ4v) is 4.21. The summed E-state index contributed by atoms with van der Waals surface area (Å²) in [5.41, 5.74) is 0. The summed E-state index contributed by atoms with van der Waals surface area (Å²) < 4.78 is 23.0. The summed E-state index contributed by atoms with van der Waals surface area (Å²) in [4.78, 5) is 2.33. The van der Waals surface area contributed by atoms with E-state index in [0.717, 1.165) is 13.0 Å². The summed E-state index contributed by atoms with van der Waals surface area (Å²) >= 11 is 1.87. The van der Waals surface area contributed by atoms with Crippen molar-refractivity contribution in [3.05, 3.63) is 0 Å². The van der Waals surface area contributed by atoms with Crippen molar-refractivity contribution in [3.63, 3.8) is 0 Å². The van der Waals surface area contributed by atoms with Crippen LogP contribution in [0.15, 0.2) is 0 Å². The summed E-state index contributed by atoms with van der Waals surface area (Å²) in [6, 6.07) is 0.705. The molecule has 0 aliphatic carbocycles. The Labute approximate surface area is 116 Å². The Hall–Kier alpha value is 0.220. The zero-order valence-electron chi connectivity index (χ0n) is 11.7. The molecular formula is C12H26N2O2S2. The fourth-order valence-electron chi connectivity index (χ4n) is 2.14. The molecule has 1 aliphatic heterocycles. The minimum atomic E-state index is -2.80. The summed E-state index contributed by atoms with van der Waals surface area (Å²) in [6.45, 7) is 3.81. The molecule has 1 aliphatic rings. The highest BCUT2D eigenvalue weighted by molar-refractivity contribution is 7.98. The maximum Gasteiger partial charge on any atom is 0.153 e. The standard InChI is InChI=1S/C12H26N2O2S2/c1-11(5-8-17-3)14(2)7-4-12-10-18(15,16)9-6-13-12/h11-13H,4-10H2,1-3H3. The van der Waals surface area contributed by atoms with Gasteiger partial charge in [-0.1, -0.05) is 0 Å². The molecule has 1 rings (SSSR count). The molecule has 0 aromatic carbocycles. The van der Waals surface area contributed by atoms with Gasteiger partial charge in [0.05, 0.1) is 11.5 Å². The molecule has 18 heavy (non-hydrogen) atoms. The third kappa shape index (κ3) is 5.91. The third-order valence-electron chi connectivity index (χ3n) is 3.62. The lowest BCUT2D eigenvalue weighted by Crippen LogP contribution is -2.46. The van der Waals surface area contributed by atoms with Crippen molar-refractivity contribution in [2.45, 2.75) is 31.8 Å². The molecule has 1 saturated heterocycles. The predicted molar refractivity (Wildman–Crippen MR) is 80.2 cm³/mol. The molecule has 0 spiro atoms. The molecule has 108 valence electrons. The van der Waals surface area contributed by atoms with E-state index >= 15 is 0 Å². The smallest absolute Gasteiger partial charge is 0.153 e. The minimum Gasteiger partial charge on any atom is -0.312 e. The van der Waals surface area contributed by atoms with Gasteiger partial charge in [0.2, 0.25) is 0 Å². The Morgan fingerprint density at radius 2 is 2.22 bits per heavy atom. The van der Waals surface area contributed by atoms with Crippen LogP contribution in [0.3, 0.4) is 0 Å². The second-order valence-electron chi connectivity index (χ2n) is 5.17. The first kappa shape index (κ1) is 16.3. The highest BCUT2D eigenvalue weighted by Gasteiger charge is 2.24. The number of hydrogen-bond acceptors (Lipinski definition) is 5. The van der Waals surface area contributed by atoms with E-state index in [0.29, 0.717) is 24.1 Å². The second-order valence-corrected chi connectivity index (χ2v) is 8.38. The zero-order valence-corrected chi connectivity index (χ0v) is 13.3. The van der Waals surface area contributed by atoms with Crippen LogP contribution in [0.4, 0.5) is 0 Å². The van der Waals surface area contributed by atoms with E-state index in [-0.39, 0.29) is 6.04 Å². The van der Waals surface area contributed by atoms with Crippen LogP contribution >= 0.6 is 11.8 Å². The van der Waals surface area contributed by atoms with Gasteiger partial charge in [0.25, 0.3) is 0 Å². The average molecular weight is 294 g/mol. The van der Waals surface area contributed by atoms with Crippen LogP contribution in [-0.2, 0) is 9.84 Å². The molecule has 1 fully saturated rings. The molecular weight excluding hydrogens is 268 g/mol. The van der Waals surface area contributed by atoms with Gasteiger partial charge < -0.3 is 10.2 Å². The van der Waals surface area contributed by atoms with Crippen LogP contribution in [0.25, 0.3) is 0 Å². The number of sulfone groups is 1. The molecule has 0 amide bonds. The number of nitrogens with one attached hydrogen (secondary N) is 1. The van der Waals surface area contributed by atoms with E-state index in [9.17, 15) is 8.42 Å². The number of thioether (sulfide) groups is 1. The topological polar surface area (TPSA) is 49.4 Å². The lowest BCUT2D eigenvalue weighted by molar-refractivity contribution is 0.240. The third-order valence-corrected chi connectivity index (χ3v) is 6.00. The van der Waals surface area contributed by atoms with Gasteiger partial charge in [0.15, 0.2) is 9.84 Å². The molecule has 2 unspecified atom stereocenters. The van der Waals surface area contributed by atoms with E-state index in [2.05, 4.69) is 30.4 Å². The largest absolute Gasteiger partial charge is 0.312 e. The molecule has 2 atom stereocenters. The molecule has 0 bridgehead atoms. The van der Waals surface area contributed by atoms with Gasteiger partial charge in [-0.15, -0.1) is 0 Å². The number of nitrogens with zero attached hydrogens (tertiary/aromatic N) is 1. The maximum absolute atomic E-state index is 11.5. The number of rotatable bonds is 7. The van der Waals surface area contributed by atoms with Crippen LogP contribution in [0.2, 0.25) is 0 Å². The molecule has 0 aromatic heterocycles. The van der Waals surface area contributed by atoms with E-state index in [1.165, 1.54) is 12.2 Å². The molecule has 6 heteroatoms. The van der Waals surface area contributed by atoms with Crippen LogP contribution < -0.4 is 5.32 Å².